The molecule has 4 rings (SSSR count). The zero-order valence-electron chi connectivity index (χ0n) is 24.8. The summed E-state index contributed by atoms with van der Waals surface area (Å²) in [6.07, 6.45) is -16.1. The van der Waals surface area contributed by atoms with Crippen molar-refractivity contribution in [3.8, 4) is 0 Å². The first-order chi connectivity index (χ1) is 21.4. The highest BCUT2D eigenvalue weighted by atomic mass is 16.8. The van der Waals surface area contributed by atoms with Crippen LogP contribution in [0.4, 0.5) is 0 Å². The monoisotopic (exact) mass is 657 g/mol. The highest BCUT2D eigenvalue weighted by Gasteiger charge is 2.54. The molecule has 1 saturated carbocycles. The van der Waals surface area contributed by atoms with E-state index in [9.17, 15) is 40.9 Å². The van der Waals surface area contributed by atoms with Gasteiger partial charge in [-0.15, -0.1) is 0 Å². The van der Waals surface area contributed by atoms with Crippen molar-refractivity contribution < 1.29 is 69.3 Å². The Balaban J connectivity index is 1.50. The van der Waals surface area contributed by atoms with Gasteiger partial charge in [-0.3, -0.25) is 0 Å². The van der Waals surface area contributed by atoms with Crippen molar-refractivity contribution >= 4 is 0 Å². The summed E-state index contributed by atoms with van der Waals surface area (Å²) in [5.41, 5.74) is 30.6. The first-order valence-electron chi connectivity index (χ1n) is 15.2. The molecule has 0 bridgehead atoms. The van der Waals surface area contributed by atoms with Gasteiger partial charge in [0.15, 0.2) is 18.9 Å². The van der Waals surface area contributed by atoms with Crippen LogP contribution in [0.1, 0.15) is 12.8 Å². The number of hydrogen-bond acceptors (Lipinski definition) is 19. The van der Waals surface area contributed by atoms with Crippen LogP contribution >= 0.6 is 0 Å². The lowest BCUT2D eigenvalue weighted by molar-refractivity contribution is -0.306. The summed E-state index contributed by atoms with van der Waals surface area (Å²) in [7, 11) is 0. The Morgan fingerprint density at radius 2 is 1.13 bits per heavy atom. The number of ether oxygens (including phenoxy) is 6. The topological polar surface area (TPSA) is 347 Å². The molecule has 4 aliphatic rings. The van der Waals surface area contributed by atoms with Crippen LogP contribution in [-0.2, 0) is 28.4 Å². The zero-order chi connectivity index (χ0) is 33.2. The van der Waals surface area contributed by atoms with Gasteiger partial charge < -0.3 is 97.9 Å². The van der Waals surface area contributed by atoms with Crippen molar-refractivity contribution in [3.63, 3.8) is 0 Å². The molecule has 264 valence electrons. The molecule has 19 heteroatoms. The summed E-state index contributed by atoms with van der Waals surface area (Å²) in [4.78, 5) is 0. The minimum absolute atomic E-state index is 0.0863. The largest absolute Gasteiger partial charge is 0.396 e. The van der Waals surface area contributed by atoms with Crippen LogP contribution in [0.5, 0.6) is 0 Å². The maximum atomic E-state index is 11.2. The lowest BCUT2D eigenvalue weighted by atomic mass is 9.83. The maximum Gasteiger partial charge on any atom is 0.187 e. The number of aliphatic hydroxyl groups excluding tert-OH is 8. The first kappa shape index (κ1) is 37.1. The van der Waals surface area contributed by atoms with E-state index in [-0.39, 0.29) is 26.0 Å². The average Bonchev–Trinajstić information content (AvgIpc) is 3.31. The summed E-state index contributed by atoms with van der Waals surface area (Å²) in [5, 5.41) is 82.5. The molecule has 1 aliphatic carbocycles. The Morgan fingerprint density at radius 3 is 1.73 bits per heavy atom. The van der Waals surface area contributed by atoms with E-state index >= 15 is 0 Å². The summed E-state index contributed by atoms with van der Waals surface area (Å²) in [5.74, 6) is -1.53. The van der Waals surface area contributed by atoms with Crippen LogP contribution in [0.3, 0.4) is 0 Å². The van der Waals surface area contributed by atoms with Gasteiger partial charge in [0.05, 0.1) is 62.4 Å². The molecule has 0 aromatic heterocycles. The number of hydrogen-bond donors (Lipinski definition) is 13. The molecule has 3 saturated heterocycles. The summed E-state index contributed by atoms with van der Waals surface area (Å²) >= 11 is 0. The Kier molecular flexibility index (Phi) is 13.3. The van der Waals surface area contributed by atoms with E-state index in [1.54, 1.807) is 0 Å². The minimum atomic E-state index is -1.59. The van der Waals surface area contributed by atoms with Gasteiger partial charge >= 0.3 is 0 Å². The molecular weight excluding hydrogens is 606 g/mol. The number of nitrogens with two attached hydrogens (primary N) is 5. The Bertz CT molecular complexity index is 916. The van der Waals surface area contributed by atoms with Crippen molar-refractivity contribution in [1.29, 1.82) is 0 Å². The first-order valence-corrected chi connectivity index (χ1v) is 15.2. The fourth-order valence-electron chi connectivity index (χ4n) is 6.64. The average molecular weight is 658 g/mol. The van der Waals surface area contributed by atoms with E-state index in [0.717, 1.165) is 0 Å². The van der Waals surface area contributed by atoms with Gasteiger partial charge in [-0.25, -0.2) is 0 Å². The summed E-state index contributed by atoms with van der Waals surface area (Å²) < 4.78 is 35.3. The second-order valence-corrected chi connectivity index (χ2v) is 12.2. The van der Waals surface area contributed by atoms with Crippen molar-refractivity contribution in [2.75, 3.05) is 33.0 Å². The van der Waals surface area contributed by atoms with E-state index in [1.165, 1.54) is 0 Å². The molecule has 4 fully saturated rings. The lowest BCUT2D eigenvalue weighted by Crippen LogP contribution is -2.67. The Morgan fingerprint density at radius 1 is 0.556 bits per heavy atom. The molecule has 0 aromatic carbocycles. The molecule has 0 amide bonds. The fourth-order valence-corrected chi connectivity index (χ4v) is 6.64. The van der Waals surface area contributed by atoms with E-state index < -0.39 is 136 Å². The normalized spacial score (nSPS) is 51.0. The van der Waals surface area contributed by atoms with Gasteiger partial charge in [0.1, 0.15) is 30.5 Å². The standard InChI is InChI=1S/C26H51N5O14/c27-4-12-17(36)9(5-33)15(30)24(40-12)44-22-14(7-35)42-26(20(22)39)45-23-19(38)10(28)3-11(29)21(23)43-25-16(31)18(37)8(1-2-32)13(6-34)41-25/h8-26,32-39H,1-7,27-31H2/t8-,9?,10-,11?,12?,13?,14-,15?,16?,17+,18?,19?,20+,21-,22+,23?,24-,25-,26+/m1/s1. The van der Waals surface area contributed by atoms with Crippen molar-refractivity contribution in [2.45, 2.75) is 117 Å². The molecule has 45 heavy (non-hydrogen) atoms. The third kappa shape index (κ3) is 7.62. The minimum Gasteiger partial charge on any atom is -0.396 e. The summed E-state index contributed by atoms with van der Waals surface area (Å²) in [6, 6.07) is -3.90. The SMILES string of the molecule is NCC1O[C@H](O[C@@H]2[C@H](O)[C@H](OC3C(O)[C@H](N)CC(N)[C@H]3O[C@H]3OC(CO)[C@@H](CCO)C(O)C3N)O[C@@H]2CO)C(N)C(CO)[C@@H]1O. The van der Waals surface area contributed by atoms with Gasteiger partial charge in [-0.2, -0.15) is 0 Å². The van der Waals surface area contributed by atoms with Crippen LogP contribution in [0, 0.1) is 11.8 Å². The van der Waals surface area contributed by atoms with E-state index in [1.807, 2.05) is 0 Å². The van der Waals surface area contributed by atoms with Crippen molar-refractivity contribution in [3.05, 3.63) is 0 Å². The molecule has 19 nitrogen and oxygen atoms in total. The Labute approximate surface area is 260 Å². The zero-order valence-corrected chi connectivity index (χ0v) is 24.8. The molecule has 9 unspecified atom stereocenters. The molecular formula is C26H51N5O14. The Hall–Kier alpha value is -0.760. The van der Waals surface area contributed by atoms with Crippen LogP contribution in [0.2, 0.25) is 0 Å². The van der Waals surface area contributed by atoms with Gasteiger partial charge in [0.2, 0.25) is 0 Å². The van der Waals surface area contributed by atoms with E-state index in [0.29, 0.717) is 0 Å². The van der Waals surface area contributed by atoms with Gasteiger partial charge in [0, 0.05) is 37.1 Å². The third-order valence-corrected chi connectivity index (χ3v) is 9.37. The highest BCUT2D eigenvalue weighted by molar-refractivity contribution is 5.02. The molecule has 0 radical (unpaired) electrons. The predicted molar refractivity (Wildman–Crippen MR) is 150 cm³/mol. The molecule has 0 aromatic rings. The van der Waals surface area contributed by atoms with Crippen LogP contribution < -0.4 is 28.7 Å². The summed E-state index contributed by atoms with van der Waals surface area (Å²) in [6.45, 7) is -2.01. The smallest absolute Gasteiger partial charge is 0.187 e. The van der Waals surface area contributed by atoms with Crippen LogP contribution in [0.15, 0.2) is 0 Å². The second-order valence-electron chi connectivity index (χ2n) is 12.2. The second kappa shape index (κ2) is 16.1. The van der Waals surface area contributed by atoms with Gasteiger partial charge in [-0.05, 0) is 12.8 Å². The van der Waals surface area contributed by atoms with E-state index in [2.05, 4.69) is 0 Å². The van der Waals surface area contributed by atoms with Crippen molar-refractivity contribution in [1.82, 2.24) is 0 Å². The number of rotatable bonds is 12. The molecule has 18 N–H and O–H groups in total. The molecule has 0 spiro atoms. The predicted octanol–water partition coefficient (Wildman–Crippen LogP) is -7.98. The maximum absolute atomic E-state index is 11.2. The van der Waals surface area contributed by atoms with E-state index in [4.69, 9.17) is 57.1 Å². The van der Waals surface area contributed by atoms with Crippen LogP contribution in [-0.4, -0.2) is 178 Å². The van der Waals surface area contributed by atoms with Crippen molar-refractivity contribution in [2.24, 2.45) is 40.5 Å². The lowest BCUT2D eigenvalue weighted by Gasteiger charge is -2.48. The third-order valence-electron chi connectivity index (χ3n) is 9.37. The van der Waals surface area contributed by atoms with Crippen LogP contribution in [0.25, 0.3) is 0 Å². The molecule has 3 heterocycles. The molecule has 19 atom stereocenters. The highest BCUT2D eigenvalue weighted by Crippen LogP contribution is 2.35. The quantitative estimate of drug-likeness (QED) is 0.0926. The van der Waals surface area contributed by atoms with Gasteiger partial charge in [0.25, 0.3) is 0 Å². The fraction of sp³-hybridized carbons (Fsp3) is 1.00. The van der Waals surface area contributed by atoms with Gasteiger partial charge in [-0.1, -0.05) is 0 Å². The number of aliphatic hydroxyl groups is 8. The molecule has 3 aliphatic heterocycles.